The number of anilines is 1. The van der Waals surface area contributed by atoms with Crippen LogP contribution in [0.2, 0.25) is 5.02 Å². The third-order valence-corrected chi connectivity index (χ3v) is 2.02. The third kappa shape index (κ3) is 2.92. The third-order valence-electron chi connectivity index (χ3n) is 1.71. The van der Waals surface area contributed by atoms with Crippen molar-refractivity contribution in [3.63, 3.8) is 0 Å². The van der Waals surface area contributed by atoms with Gasteiger partial charge >= 0.3 is 6.03 Å². The average molecular weight is 213 g/mol. The Morgan fingerprint density at radius 2 is 2.21 bits per heavy atom. The second-order valence-electron chi connectivity index (χ2n) is 2.97. The Morgan fingerprint density at radius 1 is 1.50 bits per heavy atom. The molecule has 2 amide bonds. The zero-order chi connectivity index (χ0) is 10.6. The van der Waals surface area contributed by atoms with Crippen LogP contribution in [0.4, 0.5) is 10.5 Å². The first-order valence-electron chi connectivity index (χ1n) is 4.44. The Labute approximate surface area is 88.5 Å². The number of nitrogens with one attached hydrogen (secondary N) is 2. The summed E-state index contributed by atoms with van der Waals surface area (Å²) in [6.07, 6.45) is 0. The van der Waals surface area contributed by atoms with Gasteiger partial charge in [0.2, 0.25) is 0 Å². The normalized spacial score (nSPS) is 9.64. The first-order valence-corrected chi connectivity index (χ1v) is 4.82. The molecule has 0 radical (unpaired) electrons. The number of hydrogen-bond acceptors (Lipinski definition) is 1. The van der Waals surface area contributed by atoms with Crippen molar-refractivity contribution < 1.29 is 4.79 Å². The van der Waals surface area contributed by atoms with E-state index < -0.39 is 0 Å². The van der Waals surface area contributed by atoms with Crippen LogP contribution in [0.25, 0.3) is 0 Å². The molecule has 0 fully saturated rings. The van der Waals surface area contributed by atoms with E-state index in [1.54, 1.807) is 6.07 Å². The highest BCUT2D eigenvalue weighted by Crippen LogP contribution is 2.22. The maximum atomic E-state index is 11.2. The highest BCUT2D eigenvalue weighted by Gasteiger charge is 2.03. The smallest absolute Gasteiger partial charge is 0.319 e. The number of carbonyl (C=O) groups excluding carboxylic acids is 1. The van der Waals surface area contributed by atoms with Gasteiger partial charge in [-0.3, -0.25) is 0 Å². The first kappa shape index (κ1) is 10.9. The maximum absolute atomic E-state index is 11.2. The predicted octanol–water partition coefficient (Wildman–Crippen LogP) is 2.79. The van der Waals surface area contributed by atoms with E-state index >= 15 is 0 Å². The van der Waals surface area contributed by atoms with Crippen LogP contribution in [0.1, 0.15) is 12.5 Å². The lowest BCUT2D eigenvalue weighted by Crippen LogP contribution is -2.28. The number of urea groups is 1. The van der Waals surface area contributed by atoms with E-state index in [2.05, 4.69) is 10.6 Å². The summed E-state index contributed by atoms with van der Waals surface area (Å²) in [5, 5.41) is 5.84. The van der Waals surface area contributed by atoms with E-state index in [0.717, 1.165) is 5.56 Å². The molecule has 0 saturated heterocycles. The van der Waals surface area contributed by atoms with E-state index in [-0.39, 0.29) is 6.03 Å². The van der Waals surface area contributed by atoms with Crippen LogP contribution < -0.4 is 10.6 Å². The Kier molecular flexibility index (Phi) is 3.77. The molecule has 4 heteroatoms. The molecule has 0 aromatic heterocycles. The number of amides is 2. The summed E-state index contributed by atoms with van der Waals surface area (Å²) in [6.45, 7) is 4.40. The van der Waals surface area contributed by atoms with Crippen molar-refractivity contribution in [2.24, 2.45) is 0 Å². The topological polar surface area (TPSA) is 41.1 Å². The number of aryl methyl sites for hydroxylation is 1. The number of rotatable bonds is 2. The number of hydrogen-bond donors (Lipinski definition) is 2. The van der Waals surface area contributed by atoms with E-state index in [1.165, 1.54) is 0 Å². The lowest BCUT2D eigenvalue weighted by Gasteiger charge is -2.07. The van der Waals surface area contributed by atoms with Gasteiger partial charge < -0.3 is 10.6 Å². The van der Waals surface area contributed by atoms with Crippen LogP contribution in [-0.4, -0.2) is 12.6 Å². The van der Waals surface area contributed by atoms with Crippen LogP contribution >= 0.6 is 11.6 Å². The average Bonchev–Trinajstić information content (AvgIpc) is 2.10. The molecule has 1 aromatic carbocycles. The molecule has 0 aliphatic rings. The van der Waals surface area contributed by atoms with Crippen molar-refractivity contribution in [3.8, 4) is 0 Å². The van der Waals surface area contributed by atoms with Gasteiger partial charge in [-0.2, -0.15) is 0 Å². The molecule has 3 nitrogen and oxygen atoms in total. The molecule has 0 heterocycles. The molecular weight excluding hydrogens is 200 g/mol. The second kappa shape index (κ2) is 4.86. The van der Waals surface area contributed by atoms with Crippen LogP contribution in [0, 0.1) is 6.92 Å². The van der Waals surface area contributed by atoms with Gasteiger partial charge in [0.05, 0.1) is 10.7 Å². The molecule has 0 saturated carbocycles. The van der Waals surface area contributed by atoms with E-state index in [9.17, 15) is 4.79 Å². The molecule has 1 aromatic rings. The molecule has 1 rings (SSSR count). The minimum Gasteiger partial charge on any atom is -0.338 e. The lowest BCUT2D eigenvalue weighted by molar-refractivity contribution is 0.252. The summed E-state index contributed by atoms with van der Waals surface area (Å²) in [6, 6.07) is 5.25. The second-order valence-corrected chi connectivity index (χ2v) is 3.37. The van der Waals surface area contributed by atoms with Crippen LogP contribution in [0.5, 0.6) is 0 Å². The molecule has 0 aliphatic heterocycles. The van der Waals surface area contributed by atoms with Gasteiger partial charge in [0.15, 0.2) is 0 Å². The maximum Gasteiger partial charge on any atom is 0.319 e. The fourth-order valence-electron chi connectivity index (χ4n) is 1.05. The Morgan fingerprint density at radius 3 is 2.79 bits per heavy atom. The van der Waals surface area contributed by atoms with Gasteiger partial charge in [0.1, 0.15) is 0 Å². The van der Waals surface area contributed by atoms with Gasteiger partial charge in [-0.25, -0.2) is 4.79 Å². The summed E-state index contributed by atoms with van der Waals surface area (Å²) in [5.41, 5.74) is 1.69. The van der Waals surface area contributed by atoms with Crippen molar-refractivity contribution in [1.29, 1.82) is 0 Å². The molecule has 2 N–H and O–H groups in total. The highest BCUT2D eigenvalue weighted by molar-refractivity contribution is 6.33. The van der Waals surface area contributed by atoms with Crippen LogP contribution in [0.3, 0.4) is 0 Å². The molecule has 0 bridgehead atoms. The van der Waals surface area contributed by atoms with Gasteiger partial charge in [-0.15, -0.1) is 0 Å². The predicted molar refractivity (Wildman–Crippen MR) is 58.9 cm³/mol. The summed E-state index contributed by atoms with van der Waals surface area (Å²) in [7, 11) is 0. The standard InChI is InChI=1S/C10H13ClN2O/c1-3-12-10(14)13-9-5-4-7(2)6-8(9)11/h4-6H,3H2,1-2H3,(H2,12,13,14). The molecule has 0 aliphatic carbocycles. The van der Waals surface area contributed by atoms with E-state index in [1.807, 2.05) is 26.0 Å². The Hall–Kier alpha value is -1.22. The minimum absolute atomic E-state index is 0.238. The number of benzene rings is 1. The summed E-state index contributed by atoms with van der Waals surface area (Å²) >= 11 is 5.93. The van der Waals surface area contributed by atoms with Crippen molar-refractivity contribution in [3.05, 3.63) is 28.8 Å². The summed E-state index contributed by atoms with van der Waals surface area (Å²) < 4.78 is 0. The fourth-order valence-corrected chi connectivity index (χ4v) is 1.33. The molecule has 0 atom stereocenters. The largest absolute Gasteiger partial charge is 0.338 e. The van der Waals surface area contributed by atoms with E-state index in [0.29, 0.717) is 17.3 Å². The van der Waals surface area contributed by atoms with Gasteiger partial charge in [-0.1, -0.05) is 17.7 Å². The lowest BCUT2D eigenvalue weighted by atomic mass is 10.2. The summed E-state index contributed by atoms with van der Waals surface area (Å²) in [5.74, 6) is 0. The fraction of sp³-hybridized carbons (Fsp3) is 0.300. The SMILES string of the molecule is CCNC(=O)Nc1ccc(C)cc1Cl. The number of halogens is 1. The quantitative estimate of drug-likeness (QED) is 0.778. The van der Waals surface area contributed by atoms with Crippen molar-refractivity contribution in [2.75, 3.05) is 11.9 Å². The number of carbonyl (C=O) groups is 1. The van der Waals surface area contributed by atoms with Crippen molar-refractivity contribution in [2.45, 2.75) is 13.8 Å². The van der Waals surface area contributed by atoms with Gasteiger partial charge in [0, 0.05) is 6.54 Å². The van der Waals surface area contributed by atoms with Gasteiger partial charge in [-0.05, 0) is 31.5 Å². The monoisotopic (exact) mass is 212 g/mol. The van der Waals surface area contributed by atoms with Crippen LogP contribution in [-0.2, 0) is 0 Å². The zero-order valence-corrected chi connectivity index (χ0v) is 8.98. The molecular formula is C10H13ClN2O. The van der Waals surface area contributed by atoms with E-state index in [4.69, 9.17) is 11.6 Å². The molecule has 0 spiro atoms. The molecule has 0 unspecified atom stereocenters. The molecule has 76 valence electrons. The van der Waals surface area contributed by atoms with Crippen molar-refractivity contribution in [1.82, 2.24) is 5.32 Å². The first-order chi connectivity index (χ1) is 6.63. The highest BCUT2D eigenvalue weighted by atomic mass is 35.5. The molecule has 14 heavy (non-hydrogen) atoms. The van der Waals surface area contributed by atoms with Crippen molar-refractivity contribution >= 4 is 23.3 Å². The van der Waals surface area contributed by atoms with Crippen LogP contribution in [0.15, 0.2) is 18.2 Å². The summed E-state index contributed by atoms with van der Waals surface area (Å²) in [4.78, 5) is 11.2. The Bertz CT molecular complexity index is 339. The minimum atomic E-state index is -0.238. The zero-order valence-electron chi connectivity index (χ0n) is 8.23. The van der Waals surface area contributed by atoms with Gasteiger partial charge in [0.25, 0.3) is 0 Å². The Balaban J connectivity index is 2.72.